The third kappa shape index (κ3) is 6.49. The molecule has 27 heavy (non-hydrogen) atoms. The summed E-state index contributed by atoms with van der Waals surface area (Å²) in [6.45, 7) is 0. The van der Waals surface area contributed by atoms with Gasteiger partial charge in [-0.1, -0.05) is 52.1 Å². The summed E-state index contributed by atoms with van der Waals surface area (Å²) in [4.78, 5) is 2.34. The Morgan fingerprint density at radius 2 is 1.37 bits per heavy atom. The van der Waals surface area contributed by atoms with E-state index in [0.717, 1.165) is 11.3 Å². The number of hydrogen-bond acceptors (Lipinski definition) is 1. The van der Waals surface area contributed by atoms with Crippen LogP contribution in [0.1, 0.15) is 64.2 Å². The zero-order valence-corrected chi connectivity index (χ0v) is 19.1. The van der Waals surface area contributed by atoms with Gasteiger partial charge in [-0.05, 0) is 51.1 Å². The molecule has 0 spiro atoms. The van der Waals surface area contributed by atoms with Gasteiger partial charge in [0, 0.05) is 0 Å². The number of rotatable bonds is 4. The monoisotopic (exact) mass is 425 g/mol. The Labute approximate surface area is 178 Å². The fraction of sp³-hybridized carbons (Fsp3) is 0.583. The van der Waals surface area contributed by atoms with Gasteiger partial charge in [0.2, 0.25) is 0 Å². The molecular weight excluding hydrogens is 389 g/mol. The van der Waals surface area contributed by atoms with Crippen LogP contribution in [0.25, 0.3) is 0 Å². The van der Waals surface area contributed by atoms with Crippen LogP contribution in [0.4, 0.5) is 5.69 Å². The smallest absolute Gasteiger partial charge is 0.428 e. The van der Waals surface area contributed by atoms with Crippen LogP contribution in [-0.4, -0.2) is 25.4 Å². The Balaban J connectivity index is 0.000000379. The molecule has 2 aliphatic rings. The molecule has 2 aromatic carbocycles. The van der Waals surface area contributed by atoms with Gasteiger partial charge in [0.1, 0.15) is 0 Å². The number of hydrogen-bond donors (Lipinski definition) is 0. The van der Waals surface area contributed by atoms with Crippen LogP contribution in [-0.2, 0) is 17.1 Å². The number of nitrogens with zero attached hydrogens (tertiary/aromatic N) is 1. The van der Waals surface area contributed by atoms with Crippen molar-refractivity contribution in [3.05, 3.63) is 48.5 Å². The predicted octanol–water partition coefficient (Wildman–Crippen LogP) is 6.65. The number of anilines is 1. The molecule has 0 aromatic heterocycles. The largest absolute Gasteiger partial charge is 2.00 e. The molecule has 2 saturated carbocycles. The van der Waals surface area contributed by atoms with E-state index in [-0.39, 0.29) is 25.0 Å². The van der Waals surface area contributed by atoms with E-state index in [1.165, 1.54) is 69.9 Å². The summed E-state index contributed by atoms with van der Waals surface area (Å²) in [6, 6.07) is 17.1. The van der Waals surface area contributed by atoms with Crippen molar-refractivity contribution >= 4 is 18.9 Å². The van der Waals surface area contributed by atoms with Gasteiger partial charge in [-0.25, -0.2) is 24.3 Å². The molecule has 4 rings (SSSR count). The van der Waals surface area contributed by atoms with E-state index in [1.807, 2.05) is 30.3 Å². The zero-order chi connectivity index (χ0) is 18.2. The maximum atomic E-state index is 2.46. The maximum absolute atomic E-state index is 2.46. The molecule has 0 heterocycles. The van der Waals surface area contributed by atoms with Gasteiger partial charge in [0.15, 0.2) is 0 Å². The Morgan fingerprint density at radius 3 is 1.78 bits per heavy atom. The van der Waals surface area contributed by atoms with E-state index in [1.54, 1.807) is 5.30 Å². The van der Waals surface area contributed by atoms with Crippen LogP contribution in [0.5, 0.6) is 0 Å². The molecule has 2 fully saturated rings. The van der Waals surface area contributed by atoms with Gasteiger partial charge in [0.25, 0.3) is 0 Å². The van der Waals surface area contributed by atoms with Crippen molar-refractivity contribution < 1.29 is 17.1 Å². The molecule has 3 heteroatoms. The summed E-state index contributed by atoms with van der Waals surface area (Å²) >= 11 is 0. The van der Waals surface area contributed by atoms with Crippen LogP contribution in [0, 0.1) is 0 Å². The standard InChI is InChI=1S/C19H31NP.C5H5.Fe/c1-20(2)18-14-9-15-19(18)21(16-10-5-3-6-11-16)17-12-7-4-8-13-17;1-2-4-5-3-1;/h9,14-17H,3-8,10-13H2,1-2H3;1-5H;/q2*-1;+2. The normalized spacial score (nSPS) is 18.5. The molecule has 0 N–H and O–H groups in total. The fourth-order valence-corrected chi connectivity index (χ4v) is 8.75. The topological polar surface area (TPSA) is 3.24 Å². The zero-order valence-electron chi connectivity index (χ0n) is 17.1. The Hall–Kier alpha value is -0.551. The summed E-state index contributed by atoms with van der Waals surface area (Å²) in [5.74, 6) is 0. The van der Waals surface area contributed by atoms with Crippen molar-refractivity contribution in [3.63, 3.8) is 0 Å². The summed E-state index contributed by atoms with van der Waals surface area (Å²) < 4.78 is 0. The van der Waals surface area contributed by atoms with Crippen LogP contribution < -0.4 is 10.2 Å². The molecule has 0 radical (unpaired) electrons. The van der Waals surface area contributed by atoms with E-state index in [4.69, 9.17) is 0 Å². The van der Waals surface area contributed by atoms with Crippen molar-refractivity contribution in [2.45, 2.75) is 75.5 Å². The Morgan fingerprint density at radius 1 is 0.852 bits per heavy atom. The second kappa shape index (κ2) is 12.1. The van der Waals surface area contributed by atoms with E-state index in [2.05, 4.69) is 37.2 Å². The third-order valence-corrected chi connectivity index (χ3v) is 9.56. The molecule has 2 aliphatic carbocycles. The van der Waals surface area contributed by atoms with Crippen LogP contribution in [0.3, 0.4) is 0 Å². The first kappa shape index (κ1) is 22.7. The first-order valence-corrected chi connectivity index (χ1v) is 12.1. The molecule has 0 unspecified atom stereocenters. The van der Waals surface area contributed by atoms with Crippen molar-refractivity contribution in [1.82, 2.24) is 0 Å². The van der Waals surface area contributed by atoms with Crippen LogP contribution >= 0.6 is 7.92 Å². The minimum Gasteiger partial charge on any atom is -0.428 e. The minimum atomic E-state index is 0. The molecule has 0 aliphatic heterocycles. The Kier molecular flexibility index (Phi) is 10.2. The molecule has 2 aromatic rings. The van der Waals surface area contributed by atoms with Crippen LogP contribution in [0.2, 0.25) is 0 Å². The first-order valence-electron chi connectivity index (χ1n) is 10.7. The molecule has 0 amide bonds. The van der Waals surface area contributed by atoms with E-state index in [9.17, 15) is 0 Å². The van der Waals surface area contributed by atoms with Crippen LogP contribution in [0.15, 0.2) is 48.5 Å². The maximum Gasteiger partial charge on any atom is 2.00 e. The predicted molar refractivity (Wildman–Crippen MR) is 119 cm³/mol. The van der Waals surface area contributed by atoms with Crippen molar-refractivity contribution in [1.29, 1.82) is 0 Å². The molecular formula is C24H36FeNP. The third-order valence-electron chi connectivity index (χ3n) is 6.02. The van der Waals surface area contributed by atoms with Gasteiger partial charge in [-0.15, -0.1) is 5.30 Å². The van der Waals surface area contributed by atoms with Gasteiger partial charge < -0.3 is 4.90 Å². The van der Waals surface area contributed by atoms with Gasteiger partial charge >= 0.3 is 17.1 Å². The van der Waals surface area contributed by atoms with Gasteiger partial charge in [-0.2, -0.15) is 24.3 Å². The van der Waals surface area contributed by atoms with Crippen molar-refractivity contribution in [2.75, 3.05) is 19.0 Å². The second-order valence-corrected chi connectivity index (χ2v) is 10.9. The van der Waals surface area contributed by atoms with E-state index >= 15 is 0 Å². The molecule has 0 atom stereocenters. The van der Waals surface area contributed by atoms with Gasteiger partial charge in [0.05, 0.1) is 0 Å². The van der Waals surface area contributed by atoms with Gasteiger partial charge in [-0.3, -0.25) is 0 Å². The SMILES string of the molecule is CN(C)[c-]1cccc1P(C1CCCCC1)C1CCCCC1.[Fe+2].c1cc[cH-]c1. The average Bonchev–Trinajstić information content (AvgIpc) is 3.39. The summed E-state index contributed by atoms with van der Waals surface area (Å²) in [7, 11) is 4.48. The summed E-state index contributed by atoms with van der Waals surface area (Å²) in [5.41, 5.74) is 3.54. The Bertz CT molecular complexity index is 556. The average molecular weight is 425 g/mol. The summed E-state index contributed by atoms with van der Waals surface area (Å²) in [5, 5.41) is 1.73. The first-order chi connectivity index (χ1) is 12.8. The fourth-order valence-electron chi connectivity index (χ4n) is 4.73. The summed E-state index contributed by atoms with van der Waals surface area (Å²) in [6.07, 6.45) is 14.9. The van der Waals surface area contributed by atoms with Crippen molar-refractivity contribution in [3.8, 4) is 0 Å². The molecule has 0 bridgehead atoms. The second-order valence-electron chi connectivity index (χ2n) is 8.14. The quantitative estimate of drug-likeness (QED) is 0.301. The molecule has 0 saturated heterocycles. The van der Waals surface area contributed by atoms with E-state index < -0.39 is 0 Å². The molecule has 1 nitrogen and oxygen atoms in total. The van der Waals surface area contributed by atoms with Crippen molar-refractivity contribution in [2.24, 2.45) is 0 Å². The molecule has 150 valence electrons. The minimum absolute atomic E-state index is 0. The van der Waals surface area contributed by atoms with E-state index in [0.29, 0.717) is 0 Å².